The molecule has 0 saturated carbocycles. The molecule has 0 aliphatic carbocycles. The predicted molar refractivity (Wildman–Crippen MR) is 70.6 cm³/mol. The van der Waals surface area contributed by atoms with Gasteiger partial charge in [0.15, 0.2) is 0 Å². The van der Waals surface area contributed by atoms with Gasteiger partial charge < -0.3 is 10.1 Å². The molecule has 0 bridgehead atoms. The highest BCUT2D eigenvalue weighted by Gasteiger charge is 2.33. The largest absolute Gasteiger partial charge is 0.391 e. The van der Waals surface area contributed by atoms with Crippen molar-refractivity contribution in [1.82, 2.24) is 9.29 Å². The second-order valence-electron chi connectivity index (χ2n) is 4.71. The fourth-order valence-electron chi connectivity index (χ4n) is 1.97. The molecule has 1 fully saturated rings. The van der Waals surface area contributed by atoms with Crippen LogP contribution >= 0.6 is 11.6 Å². The predicted octanol–water partition coefficient (Wildman–Crippen LogP) is 0.420. The highest BCUT2D eigenvalue weighted by atomic mass is 35.5. The number of aromatic amines is 1. The fourth-order valence-corrected chi connectivity index (χ4v) is 3.68. The van der Waals surface area contributed by atoms with Crippen LogP contribution in [-0.4, -0.2) is 42.0 Å². The molecule has 0 spiro atoms. The quantitative estimate of drug-likeness (QED) is 0.828. The standard InChI is InChI=1S/C11H15ClN2O4S/c1-7-2-3-14(6-10(7)15)19(17,18)8-4-9(12)11(16)13-5-8/h4-5,7,10,15H,2-3,6H2,1H3,(H,13,16). The van der Waals surface area contributed by atoms with E-state index in [1.54, 1.807) is 0 Å². The number of hydrogen-bond acceptors (Lipinski definition) is 4. The van der Waals surface area contributed by atoms with Crippen LogP contribution in [0.15, 0.2) is 22.0 Å². The van der Waals surface area contributed by atoms with Gasteiger partial charge in [0, 0.05) is 19.3 Å². The number of hydrogen-bond donors (Lipinski definition) is 2. The Morgan fingerprint density at radius 3 is 2.79 bits per heavy atom. The minimum atomic E-state index is -3.74. The van der Waals surface area contributed by atoms with Gasteiger partial charge in [0.25, 0.3) is 5.56 Å². The first-order valence-corrected chi connectivity index (χ1v) is 7.70. The molecule has 8 heteroatoms. The maximum absolute atomic E-state index is 12.3. The number of nitrogens with one attached hydrogen (secondary N) is 1. The Morgan fingerprint density at radius 1 is 1.53 bits per heavy atom. The van der Waals surface area contributed by atoms with Gasteiger partial charge in [-0.3, -0.25) is 4.79 Å². The molecule has 1 aliphatic rings. The molecule has 2 N–H and O–H groups in total. The van der Waals surface area contributed by atoms with Gasteiger partial charge in [-0.05, 0) is 18.4 Å². The van der Waals surface area contributed by atoms with Gasteiger partial charge in [0.05, 0.1) is 11.0 Å². The minimum Gasteiger partial charge on any atom is -0.391 e. The monoisotopic (exact) mass is 306 g/mol. The van der Waals surface area contributed by atoms with E-state index in [-0.39, 0.29) is 22.4 Å². The van der Waals surface area contributed by atoms with E-state index in [2.05, 4.69) is 4.98 Å². The SMILES string of the molecule is CC1CCN(S(=O)(=O)c2c[nH]c(=O)c(Cl)c2)CC1O. The molecule has 1 saturated heterocycles. The zero-order valence-corrected chi connectivity index (χ0v) is 11.9. The summed E-state index contributed by atoms with van der Waals surface area (Å²) in [6.07, 6.45) is 1.03. The van der Waals surface area contributed by atoms with Crippen LogP contribution in [0.25, 0.3) is 0 Å². The second kappa shape index (κ2) is 5.24. The number of halogens is 1. The first-order valence-electron chi connectivity index (χ1n) is 5.89. The highest BCUT2D eigenvalue weighted by Crippen LogP contribution is 2.23. The van der Waals surface area contributed by atoms with Gasteiger partial charge in [-0.2, -0.15) is 4.31 Å². The molecule has 2 heterocycles. The molecular weight excluding hydrogens is 292 g/mol. The van der Waals surface area contributed by atoms with E-state index in [0.717, 1.165) is 12.3 Å². The number of H-pyrrole nitrogens is 1. The summed E-state index contributed by atoms with van der Waals surface area (Å²) in [5, 5.41) is 9.59. The van der Waals surface area contributed by atoms with Gasteiger partial charge in [0.2, 0.25) is 10.0 Å². The number of pyridine rings is 1. The molecule has 1 aliphatic heterocycles. The lowest BCUT2D eigenvalue weighted by Gasteiger charge is -2.33. The summed E-state index contributed by atoms with van der Waals surface area (Å²) < 4.78 is 25.9. The minimum absolute atomic E-state index is 0.0558. The van der Waals surface area contributed by atoms with Gasteiger partial charge in [-0.1, -0.05) is 18.5 Å². The summed E-state index contributed by atoms with van der Waals surface area (Å²) in [6, 6.07) is 1.13. The van der Waals surface area contributed by atoms with Gasteiger partial charge in [-0.15, -0.1) is 0 Å². The topological polar surface area (TPSA) is 90.5 Å². The average molecular weight is 307 g/mol. The van der Waals surface area contributed by atoms with Crippen molar-refractivity contribution in [1.29, 1.82) is 0 Å². The van der Waals surface area contributed by atoms with E-state index < -0.39 is 21.7 Å². The smallest absolute Gasteiger partial charge is 0.266 e. The molecule has 1 aromatic heterocycles. The Balaban J connectivity index is 2.32. The van der Waals surface area contributed by atoms with E-state index in [1.807, 2.05) is 6.92 Å². The lowest BCUT2D eigenvalue weighted by Crippen LogP contribution is -2.45. The van der Waals surface area contributed by atoms with Crippen LogP contribution in [0.2, 0.25) is 5.02 Å². The molecule has 2 rings (SSSR count). The second-order valence-corrected chi connectivity index (χ2v) is 7.05. The number of aliphatic hydroxyl groups is 1. The van der Waals surface area contributed by atoms with E-state index in [9.17, 15) is 18.3 Å². The van der Waals surface area contributed by atoms with Crippen LogP contribution in [0.4, 0.5) is 0 Å². The Kier molecular flexibility index (Phi) is 4.00. The molecular formula is C11H15ClN2O4S. The van der Waals surface area contributed by atoms with Crippen LogP contribution < -0.4 is 5.56 Å². The third kappa shape index (κ3) is 2.84. The molecule has 0 radical (unpaired) electrons. The third-order valence-electron chi connectivity index (χ3n) is 3.35. The highest BCUT2D eigenvalue weighted by molar-refractivity contribution is 7.89. The lowest BCUT2D eigenvalue weighted by molar-refractivity contribution is 0.0605. The van der Waals surface area contributed by atoms with Crippen LogP contribution in [0.5, 0.6) is 0 Å². The third-order valence-corrected chi connectivity index (χ3v) is 5.47. The van der Waals surface area contributed by atoms with Crippen molar-refractivity contribution in [2.24, 2.45) is 5.92 Å². The molecule has 106 valence electrons. The molecule has 2 atom stereocenters. The summed E-state index contributed by atoms with van der Waals surface area (Å²) >= 11 is 5.63. The number of nitrogens with zero attached hydrogens (tertiary/aromatic N) is 1. The van der Waals surface area contributed by atoms with E-state index in [4.69, 9.17) is 11.6 Å². The van der Waals surface area contributed by atoms with Gasteiger partial charge >= 0.3 is 0 Å². The first-order chi connectivity index (χ1) is 8.82. The Hall–Kier alpha value is -0.890. The summed E-state index contributed by atoms with van der Waals surface area (Å²) in [4.78, 5) is 13.3. The van der Waals surface area contributed by atoms with Crippen molar-refractivity contribution in [3.8, 4) is 0 Å². The maximum atomic E-state index is 12.3. The van der Waals surface area contributed by atoms with E-state index in [0.29, 0.717) is 13.0 Å². The number of β-amino-alcohol motifs (C(OH)–C–C–N with tert-alkyl or cyclic N) is 1. The normalized spacial score (nSPS) is 25.4. The van der Waals surface area contributed by atoms with Crippen molar-refractivity contribution >= 4 is 21.6 Å². The fraction of sp³-hybridized carbons (Fsp3) is 0.545. The zero-order chi connectivity index (χ0) is 14.2. The maximum Gasteiger partial charge on any atom is 0.266 e. The molecule has 2 unspecified atom stereocenters. The van der Waals surface area contributed by atoms with Crippen LogP contribution in [0.3, 0.4) is 0 Å². The number of piperidine rings is 1. The van der Waals surface area contributed by atoms with Crippen LogP contribution in [0, 0.1) is 5.92 Å². The Morgan fingerprint density at radius 2 is 2.21 bits per heavy atom. The summed E-state index contributed by atoms with van der Waals surface area (Å²) in [5.41, 5.74) is -0.534. The molecule has 1 aromatic rings. The number of sulfonamides is 1. The number of aliphatic hydroxyl groups excluding tert-OH is 1. The molecule has 0 aromatic carbocycles. The summed E-state index contributed by atoms with van der Waals surface area (Å²) in [5.74, 6) is 0.0746. The van der Waals surface area contributed by atoms with Crippen molar-refractivity contribution in [3.63, 3.8) is 0 Å². The van der Waals surface area contributed by atoms with Crippen molar-refractivity contribution in [2.45, 2.75) is 24.3 Å². The Labute approximate surface area is 116 Å². The molecule has 0 amide bonds. The average Bonchev–Trinajstić information content (AvgIpc) is 2.35. The number of aromatic nitrogens is 1. The molecule has 6 nitrogen and oxygen atoms in total. The lowest BCUT2D eigenvalue weighted by atomic mass is 9.98. The zero-order valence-electron chi connectivity index (χ0n) is 10.3. The van der Waals surface area contributed by atoms with Gasteiger partial charge in [0.1, 0.15) is 5.02 Å². The summed E-state index contributed by atoms with van der Waals surface area (Å²) in [6.45, 7) is 2.28. The van der Waals surface area contributed by atoms with Crippen molar-refractivity contribution in [3.05, 3.63) is 27.6 Å². The first kappa shape index (κ1) is 14.5. The van der Waals surface area contributed by atoms with Gasteiger partial charge in [-0.25, -0.2) is 8.42 Å². The van der Waals surface area contributed by atoms with Crippen molar-refractivity contribution in [2.75, 3.05) is 13.1 Å². The van der Waals surface area contributed by atoms with E-state index in [1.165, 1.54) is 4.31 Å². The summed E-state index contributed by atoms with van der Waals surface area (Å²) in [7, 11) is -3.74. The van der Waals surface area contributed by atoms with E-state index >= 15 is 0 Å². The molecule has 19 heavy (non-hydrogen) atoms. The number of rotatable bonds is 2. The van der Waals surface area contributed by atoms with Crippen LogP contribution in [0.1, 0.15) is 13.3 Å². The Bertz CT molecular complexity index is 628. The van der Waals surface area contributed by atoms with Crippen LogP contribution in [-0.2, 0) is 10.0 Å². The van der Waals surface area contributed by atoms with Crippen molar-refractivity contribution < 1.29 is 13.5 Å².